The van der Waals surface area contributed by atoms with E-state index in [-0.39, 0.29) is 12.2 Å². The fourth-order valence-corrected chi connectivity index (χ4v) is 1.43. The van der Waals surface area contributed by atoms with E-state index in [9.17, 15) is 4.79 Å². The first-order valence-electron chi connectivity index (χ1n) is 3.92. The second kappa shape index (κ2) is 4.77. The van der Waals surface area contributed by atoms with Crippen molar-refractivity contribution < 1.29 is 9.53 Å². The molecule has 0 aliphatic carbocycles. The van der Waals surface area contributed by atoms with Gasteiger partial charge in [0.05, 0.1) is 25.2 Å². The molecule has 0 aliphatic rings. The molecule has 0 bridgehead atoms. The largest absolute Gasteiger partial charge is 0.496 e. The van der Waals surface area contributed by atoms with Crippen LogP contribution in [0.2, 0.25) is 0 Å². The van der Waals surface area contributed by atoms with Crippen LogP contribution in [0.15, 0.2) is 22.7 Å². The molecule has 0 atom stereocenters. The average Bonchev–Trinajstić information content (AvgIpc) is 2.18. The lowest BCUT2D eigenvalue weighted by Crippen LogP contribution is -2.00. The minimum Gasteiger partial charge on any atom is -0.496 e. The minimum absolute atomic E-state index is 0.132. The topological polar surface area (TPSA) is 50.1 Å². The number of benzene rings is 1. The summed E-state index contributed by atoms with van der Waals surface area (Å²) >= 11 is 3.25. The van der Waals surface area contributed by atoms with Crippen LogP contribution in [0.5, 0.6) is 5.75 Å². The fraction of sp³-hybridized carbons (Fsp3) is 0.200. The monoisotopic (exact) mass is 253 g/mol. The molecule has 0 fully saturated rings. The van der Waals surface area contributed by atoms with Crippen LogP contribution >= 0.6 is 15.9 Å². The van der Waals surface area contributed by atoms with E-state index in [1.807, 2.05) is 6.07 Å². The third-order valence-corrected chi connectivity index (χ3v) is 2.19. The number of methoxy groups -OCH3 is 1. The van der Waals surface area contributed by atoms with Gasteiger partial charge in [0.2, 0.25) is 0 Å². The highest BCUT2D eigenvalue weighted by atomic mass is 79.9. The van der Waals surface area contributed by atoms with Crippen molar-refractivity contribution in [1.29, 1.82) is 5.26 Å². The summed E-state index contributed by atoms with van der Waals surface area (Å²) in [7, 11) is 1.49. The molecule has 0 saturated carbocycles. The van der Waals surface area contributed by atoms with E-state index in [1.165, 1.54) is 7.11 Å². The number of nitrogens with zero attached hydrogens (tertiary/aromatic N) is 1. The Kier molecular flexibility index (Phi) is 3.66. The second-order valence-electron chi connectivity index (χ2n) is 2.60. The molecule has 0 unspecified atom stereocenters. The van der Waals surface area contributed by atoms with Crippen LogP contribution in [0.3, 0.4) is 0 Å². The SMILES string of the molecule is COc1ccc(Br)cc1C(=O)CC#N. The average molecular weight is 254 g/mol. The van der Waals surface area contributed by atoms with Gasteiger partial charge in [0.15, 0.2) is 5.78 Å². The van der Waals surface area contributed by atoms with Crippen molar-refractivity contribution in [3.63, 3.8) is 0 Å². The van der Waals surface area contributed by atoms with Gasteiger partial charge in [-0.15, -0.1) is 0 Å². The number of rotatable bonds is 3. The zero-order chi connectivity index (χ0) is 10.6. The van der Waals surface area contributed by atoms with Gasteiger partial charge in [-0.3, -0.25) is 4.79 Å². The number of halogens is 1. The number of hydrogen-bond donors (Lipinski definition) is 0. The number of nitriles is 1. The molecule has 0 N–H and O–H groups in total. The maximum absolute atomic E-state index is 11.5. The third-order valence-electron chi connectivity index (χ3n) is 1.70. The Bertz CT molecular complexity index is 396. The van der Waals surface area contributed by atoms with Crippen molar-refractivity contribution in [2.24, 2.45) is 0 Å². The van der Waals surface area contributed by atoms with Crippen molar-refractivity contribution in [3.8, 4) is 11.8 Å². The number of ether oxygens (including phenoxy) is 1. The van der Waals surface area contributed by atoms with E-state index < -0.39 is 0 Å². The first-order valence-corrected chi connectivity index (χ1v) is 4.72. The molecule has 3 nitrogen and oxygen atoms in total. The predicted molar refractivity (Wildman–Crippen MR) is 55.3 cm³/mol. The molecule has 0 radical (unpaired) electrons. The molecular weight excluding hydrogens is 246 g/mol. The van der Waals surface area contributed by atoms with Crippen molar-refractivity contribution in [2.45, 2.75) is 6.42 Å². The zero-order valence-corrected chi connectivity index (χ0v) is 9.17. The van der Waals surface area contributed by atoms with E-state index in [4.69, 9.17) is 10.00 Å². The van der Waals surface area contributed by atoms with Gasteiger partial charge in [0.25, 0.3) is 0 Å². The summed E-state index contributed by atoms with van der Waals surface area (Å²) < 4.78 is 5.81. The van der Waals surface area contributed by atoms with Crippen LogP contribution in [-0.2, 0) is 0 Å². The molecule has 4 heteroatoms. The molecule has 1 rings (SSSR count). The van der Waals surface area contributed by atoms with Gasteiger partial charge in [0.1, 0.15) is 5.75 Å². The van der Waals surface area contributed by atoms with E-state index >= 15 is 0 Å². The Balaban J connectivity index is 3.11. The predicted octanol–water partition coefficient (Wildman–Crippen LogP) is 2.55. The molecule has 0 saturated heterocycles. The number of Topliss-reactive ketones (excluding diaryl/α,β-unsaturated/α-hetero) is 1. The first kappa shape index (κ1) is 10.7. The van der Waals surface area contributed by atoms with Gasteiger partial charge in [-0.2, -0.15) is 5.26 Å². The van der Waals surface area contributed by atoms with Gasteiger partial charge in [-0.1, -0.05) is 15.9 Å². The summed E-state index contributed by atoms with van der Waals surface area (Å²) in [4.78, 5) is 11.5. The Morgan fingerprint density at radius 1 is 1.64 bits per heavy atom. The molecule has 0 aliphatic heterocycles. The molecule has 0 spiro atoms. The number of carbonyl (C=O) groups excluding carboxylic acids is 1. The highest BCUT2D eigenvalue weighted by molar-refractivity contribution is 9.10. The van der Waals surface area contributed by atoms with Crippen LogP contribution in [-0.4, -0.2) is 12.9 Å². The molecule has 72 valence electrons. The van der Waals surface area contributed by atoms with E-state index in [0.717, 1.165) is 4.47 Å². The van der Waals surface area contributed by atoms with Gasteiger partial charge in [-0.25, -0.2) is 0 Å². The Morgan fingerprint density at radius 3 is 2.93 bits per heavy atom. The Hall–Kier alpha value is -1.34. The summed E-state index contributed by atoms with van der Waals surface area (Å²) in [5, 5.41) is 8.41. The number of carbonyl (C=O) groups is 1. The van der Waals surface area contributed by atoms with Gasteiger partial charge < -0.3 is 4.74 Å². The van der Waals surface area contributed by atoms with Gasteiger partial charge in [0, 0.05) is 4.47 Å². The summed E-state index contributed by atoms with van der Waals surface area (Å²) in [6.45, 7) is 0. The molecule has 1 aromatic rings. The molecule has 0 heterocycles. The fourth-order valence-electron chi connectivity index (χ4n) is 1.07. The van der Waals surface area contributed by atoms with E-state index in [2.05, 4.69) is 15.9 Å². The van der Waals surface area contributed by atoms with Crippen LogP contribution in [0.1, 0.15) is 16.8 Å². The first-order chi connectivity index (χ1) is 6.69. The van der Waals surface area contributed by atoms with E-state index in [0.29, 0.717) is 11.3 Å². The summed E-state index contributed by atoms with van der Waals surface area (Å²) in [6, 6.07) is 6.94. The molecule has 0 amide bonds. The highest BCUT2D eigenvalue weighted by Crippen LogP contribution is 2.23. The summed E-state index contributed by atoms with van der Waals surface area (Å²) in [5.74, 6) is 0.263. The summed E-state index contributed by atoms with van der Waals surface area (Å²) in [5.41, 5.74) is 0.434. The highest BCUT2D eigenvalue weighted by Gasteiger charge is 2.11. The van der Waals surface area contributed by atoms with Crippen molar-refractivity contribution >= 4 is 21.7 Å². The van der Waals surface area contributed by atoms with Crippen LogP contribution in [0.4, 0.5) is 0 Å². The van der Waals surface area contributed by atoms with Crippen LogP contribution < -0.4 is 4.74 Å². The second-order valence-corrected chi connectivity index (χ2v) is 3.52. The Labute approximate surface area is 90.4 Å². The normalized spacial score (nSPS) is 9.21. The third kappa shape index (κ3) is 2.33. The maximum atomic E-state index is 11.5. The van der Waals surface area contributed by atoms with Gasteiger partial charge in [-0.05, 0) is 18.2 Å². The standard InChI is InChI=1S/C10H8BrNO2/c1-14-10-3-2-7(11)6-8(10)9(13)4-5-12/h2-3,6H,4H2,1H3. The van der Waals surface area contributed by atoms with Crippen molar-refractivity contribution in [1.82, 2.24) is 0 Å². The van der Waals surface area contributed by atoms with E-state index in [1.54, 1.807) is 18.2 Å². The number of ketones is 1. The maximum Gasteiger partial charge on any atom is 0.180 e. The summed E-state index contributed by atoms with van der Waals surface area (Å²) in [6.07, 6.45) is -0.132. The van der Waals surface area contributed by atoms with Crippen molar-refractivity contribution in [3.05, 3.63) is 28.2 Å². The molecule has 1 aromatic carbocycles. The number of hydrogen-bond acceptors (Lipinski definition) is 3. The lowest BCUT2D eigenvalue weighted by molar-refractivity contribution is 0.0995. The lowest BCUT2D eigenvalue weighted by atomic mass is 10.1. The zero-order valence-electron chi connectivity index (χ0n) is 7.58. The molecular formula is C10H8BrNO2. The smallest absolute Gasteiger partial charge is 0.180 e. The minimum atomic E-state index is -0.231. The van der Waals surface area contributed by atoms with Crippen molar-refractivity contribution in [2.75, 3.05) is 7.11 Å². The Morgan fingerprint density at radius 2 is 2.36 bits per heavy atom. The molecule has 14 heavy (non-hydrogen) atoms. The van der Waals surface area contributed by atoms with Crippen LogP contribution in [0.25, 0.3) is 0 Å². The lowest BCUT2D eigenvalue weighted by Gasteiger charge is -2.05. The molecule has 0 aromatic heterocycles. The van der Waals surface area contributed by atoms with Gasteiger partial charge >= 0.3 is 0 Å². The quantitative estimate of drug-likeness (QED) is 0.779. The van der Waals surface area contributed by atoms with Crippen LogP contribution in [0, 0.1) is 11.3 Å².